The molecular formula is C19H20F2N6O. The van der Waals surface area contributed by atoms with Crippen LogP contribution >= 0.6 is 0 Å². The Labute approximate surface area is 161 Å². The molecule has 146 valence electrons. The number of amides is 2. The molecule has 3 heterocycles. The Morgan fingerprint density at radius 2 is 1.93 bits per heavy atom. The average Bonchev–Trinajstić information content (AvgIpc) is 3.18. The molecule has 9 heteroatoms. The van der Waals surface area contributed by atoms with Crippen LogP contribution in [0.25, 0.3) is 0 Å². The predicted molar refractivity (Wildman–Crippen MR) is 99.9 cm³/mol. The van der Waals surface area contributed by atoms with Crippen molar-refractivity contribution in [2.45, 2.75) is 25.4 Å². The van der Waals surface area contributed by atoms with Gasteiger partial charge in [-0.1, -0.05) is 12.1 Å². The van der Waals surface area contributed by atoms with Gasteiger partial charge in [0.1, 0.15) is 5.82 Å². The van der Waals surface area contributed by atoms with Crippen molar-refractivity contribution in [1.82, 2.24) is 19.9 Å². The zero-order valence-electron chi connectivity index (χ0n) is 15.4. The fourth-order valence-electron chi connectivity index (χ4n) is 3.61. The van der Waals surface area contributed by atoms with Crippen molar-refractivity contribution in [1.29, 1.82) is 0 Å². The smallest absolute Gasteiger partial charge is 0.337 e. The van der Waals surface area contributed by atoms with E-state index in [-0.39, 0.29) is 23.9 Å². The van der Waals surface area contributed by atoms with Crippen molar-refractivity contribution in [3.8, 4) is 0 Å². The molecule has 2 amide bonds. The minimum Gasteiger partial charge on any atom is -0.337 e. The third-order valence-corrected chi connectivity index (χ3v) is 5.02. The maximum Gasteiger partial charge on any atom is 0.341 e. The van der Waals surface area contributed by atoms with Crippen LogP contribution in [0.4, 0.5) is 19.5 Å². The van der Waals surface area contributed by atoms with Gasteiger partial charge in [0.2, 0.25) is 5.95 Å². The van der Waals surface area contributed by atoms with Gasteiger partial charge in [-0.2, -0.15) is 5.10 Å². The van der Waals surface area contributed by atoms with E-state index in [0.717, 1.165) is 18.0 Å². The lowest BCUT2D eigenvalue weighted by molar-refractivity contribution is 0.121. The van der Waals surface area contributed by atoms with Crippen LogP contribution in [0.3, 0.4) is 0 Å². The molecule has 2 aromatic rings. The molecule has 4 rings (SSSR count). The lowest BCUT2D eigenvalue weighted by Crippen LogP contribution is -2.57. The van der Waals surface area contributed by atoms with Crippen molar-refractivity contribution in [2.24, 2.45) is 5.10 Å². The summed E-state index contributed by atoms with van der Waals surface area (Å²) in [6.45, 7) is 3.46. The average molecular weight is 386 g/mol. The van der Waals surface area contributed by atoms with E-state index < -0.39 is 5.82 Å². The molecule has 2 aliphatic heterocycles. The predicted octanol–water partition coefficient (Wildman–Crippen LogP) is 2.82. The summed E-state index contributed by atoms with van der Waals surface area (Å²) in [5.41, 5.74) is 0.719. The largest absolute Gasteiger partial charge is 0.341 e. The summed E-state index contributed by atoms with van der Waals surface area (Å²) >= 11 is 0. The molecular weight excluding hydrogens is 366 g/mol. The third-order valence-electron chi connectivity index (χ3n) is 5.02. The minimum atomic E-state index is -0.485. The topological polar surface area (TPSA) is 64.9 Å². The highest BCUT2D eigenvalue weighted by Crippen LogP contribution is 2.30. The second-order valence-corrected chi connectivity index (χ2v) is 6.92. The molecule has 28 heavy (non-hydrogen) atoms. The number of benzene rings is 1. The summed E-state index contributed by atoms with van der Waals surface area (Å²) in [4.78, 5) is 24.8. The maximum atomic E-state index is 13.6. The van der Waals surface area contributed by atoms with E-state index in [4.69, 9.17) is 0 Å². The number of halogens is 2. The molecule has 1 aromatic carbocycles. The highest BCUT2D eigenvalue weighted by Gasteiger charge is 2.36. The zero-order valence-corrected chi connectivity index (χ0v) is 15.4. The number of hydrogen-bond donors (Lipinski definition) is 0. The number of aromatic nitrogens is 2. The molecule has 1 aromatic heterocycles. The maximum absolute atomic E-state index is 13.6. The van der Waals surface area contributed by atoms with Crippen molar-refractivity contribution < 1.29 is 13.6 Å². The minimum absolute atomic E-state index is 0.112. The Bertz CT molecular complexity index is 890. The van der Waals surface area contributed by atoms with Gasteiger partial charge in [-0.05, 0) is 24.6 Å². The fraction of sp³-hybridized carbons (Fsp3) is 0.368. The first-order valence-electron chi connectivity index (χ1n) is 9.13. The lowest BCUT2D eigenvalue weighted by Gasteiger charge is -2.41. The highest BCUT2D eigenvalue weighted by molar-refractivity contribution is 5.79. The molecule has 2 aliphatic rings. The standard InChI is InChI=1S/C19H20F2N6O/c1-13-12-25(18-22-10-16(21)11-23-18)7-8-26(13)19(28)27-17(5-6-24-27)14-3-2-4-15(20)9-14/h2-4,6,9-11,13,17H,5,7-8,12H2,1H3. The number of rotatable bonds is 2. The van der Waals surface area contributed by atoms with E-state index >= 15 is 0 Å². The second kappa shape index (κ2) is 7.49. The first kappa shape index (κ1) is 18.3. The van der Waals surface area contributed by atoms with Crippen molar-refractivity contribution in [3.05, 3.63) is 53.9 Å². The van der Waals surface area contributed by atoms with E-state index in [2.05, 4.69) is 15.1 Å². The second-order valence-electron chi connectivity index (χ2n) is 6.92. The molecule has 0 saturated carbocycles. The van der Waals surface area contributed by atoms with Gasteiger partial charge in [0.05, 0.1) is 18.4 Å². The summed E-state index contributed by atoms with van der Waals surface area (Å²) in [5, 5.41) is 5.66. The van der Waals surface area contributed by atoms with Gasteiger partial charge < -0.3 is 9.80 Å². The van der Waals surface area contributed by atoms with E-state index in [0.29, 0.717) is 32.0 Å². The van der Waals surface area contributed by atoms with Crippen molar-refractivity contribution >= 4 is 18.2 Å². The van der Waals surface area contributed by atoms with Crippen LogP contribution in [-0.4, -0.2) is 57.8 Å². The summed E-state index contributed by atoms with van der Waals surface area (Å²) in [5.74, 6) is -0.379. The number of urea groups is 1. The quantitative estimate of drug-likeness (QED) is 0.796. The normalized spacial score (nSPS) is 22.0. The molecule has 1 fully saturated rings. The van der Waals surface area contributed by atoms with Crippen LogP contribution in [0.1, 0.15) is 24.9 Å². The number of carbonyl (C=O) groups is 1. The molecule has 2 atom stereocenters. The van der Waals surface area contributed by atoms with Gasteiger partial charge >= 0.3 is 6.03 Å². The van der Waals surface area contributed by atoms with Gasteiger partial charge in [0.25, 0.3) is 0 Å². The number of nitrogens with zero attached hydrogens (tertiary/aromatic N) is 6. The van der Waals surface area contributed by atoms with Crippen LogP contribution in [0.2, 0.25) is 0 Å². The number of hydrazone groups is 1. The molecule has 0 N–H and O–H groups in total. The van der Waals surface area contributed by atoms with Crippen LogP contribution in [-0.2, 0) is 0 Å². The van der Waals surface area contributed by atoms with Gasteiger partial charge in [0.15, 0.2) is 5.82 Å². The lowest BCUT2D eigenvalue weighted by atomic mass is 10.0. The Morgan fingerprint density at radius 1 is 1.14 bits per heavy atom. The van der Waals surface area contributed by atoms with Crippen LogP contribution in [0.15, 0.2) is 41.8 Å². The Balaban J connectivity index is 1.46. The summed E-state index contributed by atoms with van der Waals surface area (Å²) < 4.78 is 26.6. The van der Waals surface area contributed by atoms with Gasteiger partial charge in [-0.25, -0.2) is 28.6 Å². The molecule has 1 saturated heterocycles. The number of carbonyl (C=O) groups excluding carboxylic acids is 1. The van der Waals surface area contributed by atoms with Crippen molar-refractivity contribution in [3.63, 3.8) is 0 Å². The van der Waals surface area contributed by atoms with E-state index in [1.54, 1.807) is 23.2 Å². The van der Waals surface area contributed by atoms with Gasteiger partial charge in [-0.3, -0.25) is 0 Å². The van der Waals surface area contributed by atoms with E-state index in [1.165, 1.54) is 17.1 Å². The molecule has 0 spiro atoms. The molecule has 0 aliphatic carbocycles. The Morgan fingerprint density at radius 3 is 2.64 bits per heavy atom. The third kappa shape index (κ3) is 3.51. The first-order chi connectivity index (χ1) is 13.5. The SMILES string of the molecule is CC1CN(c2ncc(F)cn2)CCN1C(=O)N1N=CCC1c1cccc(F)c1. The van der Waals surface area contributed by atoms with Crippen LogP contribution in [0, 0.1) is 11.6 Å². The highest BCUT2D eigenvalue weighted by atomic mass is 19.1. The van der Waals surface area contributed by atoms with Crippen LogP contribution < -0.4 is 4.90 Å². The van der Waals surface area contributed by atoms with Gasteiger partial charge in [0, 0.05) is 38.3 Å². The van der Waals surface area contributed by atoms with Crippen molar-refractivity contribution in [2.75, 3.05) is 24.5 Å². The molecule has 0 radical (unpaired) electrons. The first-order valence-corrected chi connectivity index (χ1v) is 9.13. The fourth-order valence-corrected chi connectivity index (χ4v) is 3.61. The summed E-state index contributed by atoms with van der Waals surface area (Å²) in [6.07, 6.45) is 4.49. The summed E-state index contributed by atoms with van der Waals surface area (Å²) in [7, 11) is 0. The number of anilines is 1. The zero-order chi connectivity index (χ0) is 19.7. The number of hydrogen-bond acceptors (Lipinski definition) is 5. The monoisotopic (exact) mass is 386 g/mol. The Kier molecular flexibility index (Phi) is 4.89. The van der Waals surface area contributed by atoms with E-state index in [1.807, 2.05) is 11.8 Å². The molecule has 7 nitrogen and oxygen atoms in total. The van der Waals surface area contributed by atoms with Crippen LogP contribution in [0.5, 0.6) is 0 Å². The Hall–Kier alpha value is -3.10. The number of piperazine rings is 1. The molecule has 0 bridgehead atoms. The van der Waals surface area contributed by atoms with E-state index in [9.17, 15) is 13.6 Å². The molecule has 2 unspecified atom stereocenters. The summed E-state index contributed by atoms with van der Waals surface area (Å²) in [6, 6.07) is 5.62. The van der Waals surface area contributed by atoms with Gasteiger partial charge in [-0.15, -0.1) is 0 Å².